The van der Waals surface area contributed by atoms with Gasteiger partial charge in [0.1, 0.15) is 5.82 Å². The lowest BCUT2D eigenvalue weighted by atomic mass is 9.97. The van der Waals surface area contributed by atoms with Crippen molar-refractivity contribution in [1.82, 2.24) is 4.57 Å². The molecule has 126 valence electrons. The first-order valence-electron chi connectivity index (χ1n) is 7.07. The average Bonchev–Trinajstić information content (AvgIpc) is 2.95. The third-order valence-electron chi connectivity index (χ3n) is 4.00. The summed E-state index contributed by atoms with van der Waals surface area (Å²) in [6.07, 6.45) is -3.93. The molecule has 1 aliphatic heterocycles. The second kappa shape index (κ2) is 5.47. The number of halogens is 4. The van der Waals surface area contributed by atoms with Crippen molar-refractivity contribution in [2.75, 3.05) is 0 Å². The van der Waals surface area contributed by atoms with Crippen LogP contribution in [0.5, 0.6) is 0 Å². The molecule has 1 aromatic carbocycles. The number of alkyl halides is 3. The van der Waals surface area contributed by atoms with Gasteiger partial charge in [0.25, 0.3) is 5.56 Å². The molecule has 8 heteroatoms. The SMILES string of the molecule is O=C(O)c1cc(-c2cc(F)ccc2C(F)(F)F)c(=O)n2c1CCC2. The number of hydrogen-bond donors (Lipinski definition) is 1. The summed E-state index contributed by atoms with van der Waals surface area (Å²) in [4.78, 5) is 23.9. The number of hydrogen-bond acceptors (Lipinski definition) is 2. The number of fused-ring (bicyclic) bond motifs is 1. The fourth-order valence-electron chi connectivity index (χ4n) is 2.98. The number of carboxylic acids is 1. The molecule has 2 aromatic rings. The second-order valence-electron chi connectivity index (χ2n) is 5.47. The van der Waals surface area contributed by atoms with Gasteiger partial charge in [-0.2, -0.15) is 13.2 Å². The standard InChI is InChI=1S/C16H11F4NO3/c17-8-3-4-12(16(18,19)20)9(6-8)10-7-11(15(23)24)13-2-1-5-21(13)14(10)22/h3-4,6-7H,1-2,5H2,(H,23,24). The lowest BCUT2D eigenvalue weighted by Gasteiger charge is -2.15. The summed E-state index contributed by atoms with van der Waals surface area (Å²) in [5, 5.41) is 9.28. The maximum absolute atomic E-state index is 13.5. The van der Waals surface area contributed by atoms with Crippen molar-refractivity contribution < 1.29 is 27.5 Å². The van der Waals surface area contributed by atoms with E-state index in [2.05, 4.69) is 0 Å². The molecule has 1 N–H and O–H groups in total. The largest absolute Gasteiger partial charge is 0.478 e. The van der Waals surface area contributed by atoms with E-state index in [0.717, 1.165) is 10.6 Å². The van der Waals surface area contributed by atoms with Crippen LogP contribution in [-0.2, 0) is 19.1 Å². The Morgan fingerprint density at radius 1 is 1.17 bits per heavy atom. The van der Waals surface area contributed by atoms with E-state index < -0.39 is 40.2 Å². The monoisotopic (exact) mass is 341 g/mol. The van der Waals surface area contributed by atoms with E-state index in [1.165, 1.54) is 0 Å². The van der Waals surface area contributed by atoms with E-state index in [9.17, 15) is 32.3 Å². The molecule has 0 saturated heterocycles. The molecule has 24 heavy (non-hydrogen) atoms. The van der Waals surface area contributed by atoms with Gasteiger partial charge in [0.15, 0.2) is 0 Å². The summed E-state index contributed by atoms with van der Waals surface area (Å²) in [6, 6.07) is 2.71. The van der Waals surface area contributed by atoms with Crippen molar-refractivity contribution in [3.05, 3.63) is 57.3 Å². The maximum Gasteiger partial charge on any atom is 0.417 e. The predicted molar refractivity (Wildman–Crippen MR) is 76.4 cm³/mol. The van der Waals surface area contributed by atoms with Crippen LogP contribution in [-0.4, -0.2) is 15.6 Å². The van der Waals surface area contributed by atoms with Gasteiger partial charge in [-0.05, 0) is 37.1 Å². The molecular formula is C16H11F4NO3. The number of pyridine rings is 1. The van der Waals surface area contributed by atoms with E-state index in [1.807, 2.05) is 0 Å². The lowest BCUT2D eigenvalue weighted by molar-refractivity contribution is -0.137. The minimum Gasteiger partial charge on any atom is -0.478 e. The van der Waals surface area contributed by atoms with Crippen molar-refractivity contribution >= 4 is 5.97 Å². The van der Waals surface area contributed by atoms with E-state index in [1.54, 1.807) is 0 Å². The van der Waals surface area contributed by atoms with Gasteiger partial charge in [0.05, 0.1) is 11.1 Å². The average molecular weight is 341 g/mol. The Morgan fingerprint density at radius 3 is 2.50 bits per heavy atom. The highest BCUT2D eigenvalue weighted by atomic mass is 19.4. The number of aromatic carboxylic acids is 1. The van der Waals surface area contributed by atoms with Crippen LogP contribution in [0.15, 0.2) is 29.1 Å². The Bertz CT molecular complexity index is 899. The fourth-order valence-corrected chi connectivity index (χ4v) is 2.98. The van der Waals surface area contributed by atoms with Crippen molar-refractivity contribution in [3.63, 3.8) is 0 Å². The van der Waals surface area contributed by atoms with Gasteiger partial charge in [0, 0.05) is 23.4 Å². The quantitative estimate of drug-likeness (QED) is 0.853. The molecule has 3 rings (SSSR count). The van der Waals surface area contributed by atoms with Crippen LogP contribution < -0.4 is 5.56 Å². The van der Waals surface area contributed by atoms with Crippen LogP contribution in [0, 0.1) is 5.82 Å². The second-order valence-corrected chi connectivity index (χ2v) is 5.47. The van der Waals surface area contributed by atoms with Crippen LogP contribution in [0.25, 0.3) is 11.1 Å². The molecular weight excluding hydrogens is 330 g/mol. The van der Waals surface area contributed by atoms with E-state index in [-0.39, 0.29) is 17.8 Å². The molecule has 1 aromatic heterocycles. The number of nitrogens with zero attached hydrogens (tertiary/aromatic N) is 1. The summed E-state index contributed by atoms with van der Waals surface area (Å²) in [5.41, 5.74) is -3.01. The zero-order chi connectivity index (χ0) is 17.6. The highest BCUT2D eigenvalue weighted by molar-refractivity contribution is 5.91. The predicted octanol–water partition coefficient (Wildman–Crippen LogP) is 3.32. The van der Waals surface area contributed by atoms with E-state index in [4.69, 9.17) is 0 Å². The number of rotatable bonds is 2. The smallest absolute Gasteiger partial charge is 0.417 e. The van der Waals surface area contributed by atoms with Crippen molar-refractivity contribution in [1.29, 1.82) is 0 Å². The van der Waals surface area contributed by atoms with Crippen LogP contribution in [0.3, 0.4) is 0 Å². The summed E-state index contributed by atoms with van der Waals surface area (Å²) in [7, 11) is 0. The lowest BCUT2D eigenvalue weighted by Crippen LogP contribution is -2.25. The Balaban J connectivity index is 2.36. The third-order valence-corrected chi connectivity index (χ3v) is 4.00. The first kappa shape index (κ1) is 16.2. The van der Waals surface area contributed by atoms with Crippen molar-refractivity contribution in [3.8, 4) is 11.1 Å². The Morgan fingerprint density at radius 2 is 1.88 bits per heavy atom. The third kappa shape index (κ3) is 2.57. The van der Waals surface area contributed by atoms with Crippen LogP contribution in [0.1, 0.15) is 28.0 Å². The van der Waals surface area contributed by atoms with E-state index >= 15 is 0 Å². The molecule has 1 aliphatic rings. The fraction of sp³-hybridized carbons (Fsp3) is 0.250. The Labute approximate surface area is 133 Å². The number of benzene rings is 1. The molecule has 0 unspecified atom stereocenters. The van der Waals surface area contributed by atoms with Gasteiger partial charge in [-0.1, -0.05) is 0 Å². The zero-order valence-corrected chi connectivity index (χ0v) is 12.2. The van der Waals surface area contributed by atoms with Gasteiger partial charge >= 0.3 is 12.1 Å². The summed E-state index contributed by atoms with van der Waals surface area (Å²) in [5.74, 6) is -2.29. The Kier molecular flexibility index (Phi) is 3.70. The van der Waals surface area contributed by atoms with Gasteiger partial charge in [-0.15, -0.1) is 0 Å². The molecule has 2 heterocycles. The van der Waals surface area contributed by atoms with Gasteiger partial charge in [0.2, 0.25) is 0 Å². The topological polar surface area (TPSA) is 59.3 Å². The minimum absolute atomic E-state index is 0.221. The first-order chi connectivity index (χ1) is 11.2. The summed E-state index contributed by atoms with van der Waals surface area (Å²) in [6.45, 7) is 0.221. The number of carboxylic acid groups (broad SMARTS) is 1. The van der Waals surface area contributed by atoms with Crippen molar-refractivity contribution in [2.24, 2.45) is 0 Å². The van der Waals surface area contributed by atoms with E-state index in [0.29, 0.717) is 31.0 Å². The normalized spacial score (nSPS) is 13.8. The molecule has 4 nitrogen and oxygen atoms in total. The number of aromatic nitrogens is 1. The maximum atomic E-state index is 13.5. The first-order valence-corrected chi connectivity index (χ1v) is 7.07. The Hall–Kier alpha value is -2.64. The zero-order valence-electron chi connectivity index (χ0n) is 12.2. The highest BCUT2D eigenvalue weighted by Crippen LogP contribution is 2.37. The molecule has 0 atom stereocenters. The van der Waals surface area contributed by atoms with Gasteiger partial charge in [-0.25, -0.2) is 9.18 Å². The number of carbonyl (C=O) groups is 1. The van der Waals surface area contributed by atoms with Crippen LogP contribution in [0.4, 0.5) is 17.6 Å². The molecule has 0 saturated carbocycles. The molecule has 0 aliphatic carbocycles. The summed E-state index contributed by atoms with van der Waals surface area (Å²) < 4.78 is 54.2. The minimum atomic E-state index is -4.80. The molecule has 0 radical (unpaired) electrons. The van der Waals surface area contributed by atoms with Gasteiger partial charge < -0.3 is 9.67 Å². The van der Waals surface area contributed by atoms with Crippen LogP contribution in [0.2, 0.25) is 0 Å². The molecule has 0 spiro atoms. The summed E-state index contributed by atoms with van der Waals surface area (Å²) >= 11 is 0. The van der Waals surface area contributed by atoms with Crippen LogP contribution >= 0.6 is 0 Å². The van der Waals surface area contributed by atoms with Crippen molar-refractivity contribution in [2.45, 2.75) is 25.6 Å². The molecule has 0 bridgehead atoms. The highest BCUT2D eigenvalue weighted by Gasteiger charge is 2.35. The van der Waals surface area contributed by atoms with Gasteiger partial charge in [-0.3, -0.25) is 4.79 Å². The molecule has 0 fully saturated rings. The molecule has 0 amide bonds.